The Balaban J connectivity index is 2.01. The van der Waals surface area contributed by atoms with Crippen LogP contribution < -0.4 is 9.47 Å². The molecule has 0 radical (unpaired) electrons. The van der Waals surface area contributed by atoms with Gasteiger partial charge in [0.25, 0.3) is 15.8 Å². The van der Waals surface area contributed by atoms with E-state index >= 15 is 0 Å². The van der Waals surface area contributed by atoms with E-state index in [1.807, 2.05) is 0 Å². The van der Waals surface area contributed by atoms with E-state index < -0.39 is 49.8 Å². The Morgan fingerprint density at radius 2 is 1.76 bits per heavy atom. The molecule has 2 aromatic rings. The first-order valence-electron chi connectivity index (χ1n) is 8.17. The molecule has 0 amide bonds. The second-order valence-corrected chi connectivity index (χ2v) is 8.29. The van der Waals surface area contributed by atoms with Crippen LogP contribution in [0.2, 0.25) is 0 Å². The number of aliphatic hydroxyl groups is 1. The average molecular weight is 438 g/mol. The van der Waals surface area contributed by atoms with E-state index in [1.165, 1.54) is 7.11 Å². The minimum Gasteiger partial charge on any atom is -0.497 e. The molecular formula is C18H15F5O5S. The van der Waals surface area contributed by atoms with E-state index in [4.69, 9.17) is 9.47 Å². The number of hydrogen-bond acceptors (Lipinski definition) is 5. The number of fused-ring (bicyclic) bond motifs is 1. The fourth-order valence-corrected chi connectivity index (χ4v) is 4.05. The maximum absolute atomic E-state index is 14.0. The zero-order valence-electron chi connectivity index (χ0n) is 14.8. The van der Waals surface area contributed by atoms with Crippen molar-refractivity contribution in [1.82, 2.24) is 0 Å². The van der Waals surface area contributed by atoms with Crippen LogP contribution in [-0.4, -0.2) is 32.1 Å². The highest BCUT2D eigenvalue weighted by atomic mass is 32.2. The summed E-state index contributed by atoms with van der Waals surface area (Å²) in [5.74, 6) is -3.50. The fourth-order valence-electron chi connectivity index (χ4n) is 3.03. The van der Waals surface area contributed by atoms with E-state index in [0.29, 0.717) is 17.4 Å². The average Bonchev–Trinajstić information content (AvgIpc) is 2.89. The van der Waals surface area contributed by atoms with Crippen molar-refractivity contribution in [3.63, 3.8) is 0 Å². The zero-order valence-corrected chi connectivity index (χ0v) is 15.7. The van der Waals surface area contributed by atoms with Crippen LogP contribution in [0.4, 0.5) is 22.0 Å². The Kier molecular flexibility index (Phi) is 5.24. The molecule has 0 saturated carbocycles. The van der Waals surface area contributed by atoms with Crippen molar-refractivity contribution >= 4 is 9.84 Å². The van der Waals surface area contributed by atoms with Crippen molar-refractivity contribution in [2.75, 3.05) is 7.11 Å². The molecule has 0 heterocycles. The number of sulfone groups is 1. The lowest BCUT2D eigenvalue weighted by molar-refractivity contribution is -0.0978. The van der Waals surface area contributed by atoms with E-state index in [9.17, 15) is 35.5 Å². The summed E-state index contributed by atoms with van der Waals surface area (Å²) in [4.78, 5) is -1.40. The molecule has 0 aromatic heterocycles. The standard InChI is InChI=1S/C18H15F5O5S/c1-27-11-4-2-10(3-5-11)9-28-13-6-7-14(29(25,26)18(21,22)23)15-12(13)8-17(19,20)16(15)24/h2-7,16,24H,8-9H2,1H3. The monoisotopic (exact) mass is 438 g/mol. The third kappa shape index (κ3) is 3.76. The van der Waals surface area contributed by atoms with Gasteiger partial charge in [0.2, 0.25) is 0 Å². The minimum absolute atomic E-state index is 0.122. The molecular weight excluding hydrogens is 423 g/mol. The van der Waals surface area contributed by atoms with Gasteiger partial charge in [-0.1, -0.05) is 12.1 Å². The Morgan fingerprint density at radius 3 is 2.31 bits per heavy atom. The van der Waals surface area contributed by atoms with Crippen molar-refractivity contribution in [3.8, 4) is 11.5 Å². The van der Waals surface area contributed by atoms with Crippen LogP contribution in [-0.2, 0) is 22.9 Å². The van der Waals surface area contributed by atoms with E-state index in [1.54, 1.807) is 24.3 Å². The van der Waals surface area contributed by atoms with Crippen LogP contribution in [0.1, 0.15) is 22.8 Å². The van der Waals surface area contributed by atoms with Gasteiger partial charge in [-0.05, 0) is 29.8 Å². The number of methoxy groups -OCH3 is 1. The smallest absolute Gasteiger partial charge is 0.497 e. The van der Waals surface area contributed by atoms with Crippen LogP contribution in [0.25, 0.3) is 0 Å². The summed E-state index contributed by atoms with van der Waals surface area (Å²) in [6.45, 7) is -0.122. The van der Waals surface area contributed by atoms with E-state index in [0.717, 1.165) is 6.07 Å². The van der Waals surface area contributed by atoms with Gasteiger partial charge in [-0.15, -0.1) is 0 Å². The first kappa shape index (κ1) is 21.3. The molecule has 5 nitrogen and oxygen atoms in total. The SMILES string of the molecule is COc1ccc(COc2ccc(S(=O)(=O)C(F)(F)F)c3c2CC(F)(F)C3O)cc1. The summed E-state index contributed by atoms with van der Waals surface area (Å²) >= 11 is 0. The van der Waals surface area contributed by atoms with Gasteiger partial charge in [0, 0.05) is 17.5 Å². The first-order valence-corrected chi connectivity index (χ1v) is 9.65. The summed E-state index contributed by atoms with van der Waals surface area (Å²) in [7, 11) is -4.47. The molecule has 11 heteroatoms. The molecule has 1 aliphatic rings. The van der Waals surface area contributed by atoms with Gasteiger partial charge in [-0.25, -0.2) is 17.2 Å². The normalized spacial score (nSPS) is 18.4. The molecule has 0 aliphatic heterocycles. The van der Waals surface area contributed by atoms with Crippen molar-refractivity contribution < 1.29 is 45.0 Å². The predicted octanol–water partition coefficient (Wildman–Crippen LogP) is 3.79. The Bertz CT molecular complexity index is 1020. The molecule has 1 unspecified atom stereocenters. The lowest BCUT2D eigenvalue weighted by atomic mass is 10.1. The number of ether oxygens (including phenoxy) is 2. The third-order valence-corrected chi connectivity index (χ3v) is 6.05. The topological polar surface area (TPSA) is 72.8 Å². The molecule has 1 aliphatic carbocycles. The summed E-state index contributed by atoms with van der Waals surface area (Å²) in [5.41, 5.74) is -6.55. The maximum atomic E-state index is 14.0. The minimum atomic E-state index is -5.94. The Hall–Kier alpha value is -2.40. The fraction of sp³-hybridized carbons (Fsp3) is 0.333. The Morgan fingerprint density at radius 1 is 1.14 bits per heavy atom. The molecule has 1 atom stereocenters. The van der Waals surface area contributed by atoms with Gasteiger partial charge in [0.05, 0.1) is 12.0 Å². The highest BCUT2D eigenvalue weighted by molar-refractivity contribution is 7.92. The van der Waals surface area contributed by atoms with Crippen LogP contribution in [0, 0.1) is 0 Å². The third-order valence-electron chi connectivity index (χ3n) is 4.51. The number of benzene rings is 2. The highest BCUT2D eigenvalue weighted by Gasteiger charge is 2.55. The molecule has 2 aromatic carbocycles. The molecule has 0 saturated heterocycles. The first-order chi connectivity index (χ1) is 13.4. The molecule has 1 N–H and O–H groups in total. The highest BCUT2D eigenvalue weighted by Crippen LogP contribution is 2.50. The van der Waals surface area contributed by atoms with Crippen molar-refractivity contribution in [1.29, 1.82) is 0 Å². The van der Waals surface area contributed by atoms with Crippen molar-refractivity contribution in [2.24, 2.45) is 0 Å². The molecule has 29 heavy (non-hydrogen) atoms. The number of alkyl halides is 5. The van der Waals surface area contributed by atoms with Gasteiger partial charge in [-0.2, -0.15) is 13.2 Å². The van der Waals surface area contributed by atoms with Crippen LogP contribution in [0.15, 0.2) is 41.3 Å². The lowest BCUT2D eigenvalue weighted by Gasteiger charge is -2.17. The number of aliphatic hydroxyl groups excluding tert-OH is 1. The number of hydrogen-bond donors (Lipinski definition) is 1. The summed E-state index contributed by atoms with van der Waals surface area (Å²) in [6, 6.07) is 7.92. The number of rotatable bonds is 5. The molecule has 0 bridgehead atoms. The second kappa shape index (κ2) is 7.13. The van der Waals surface area contributed by atoms with E-state index in [-0.39, 0.29) is 12.4 Å². The van der Waals surface area contributed by atoms with Crippen LogP contribution in [0.3, 0.4) is 0 Å². The Labute approximate surface area is 162 Å². The van der Waals surface area contributed by atoms with Crippen LogP contribution >= 0.6 is 0 Å². The largest absolute Gasteiger partial charge is 0.501 e. The van der Waals surface area contributed by atoms with Crippen molar-refractivity contribution in [2.45, 2.75) is 35.5 Å². The lowest BCUT2D eigenvalue weighted by Crippen LogP contribution is -2.26. The van der Waals surface area contributed by atoms with Gasteiger partial charge in [0.15, 0.2) is 0 Å². The number of halogens is 5. The summed E-state index contributed by atoms with van der Waals surface area (Å²) in [6.07, 6.45) is -3.85. The van der Waals surface area contributed by atoms with Gasteiger partial charge >= 0.3 is 5.51 Å². The molecule has 3 rings (SSSR count). The summed E-state index contributed by atoms with van der Waals surface area (Å²) in [5, 5.41) is 9.84. The molecule has 0 spiro atoms. The molecule has 0 fully saturated rings. The maximum Gasteiger partial charge on any atom is 0.501 e. The van der Waals surface area contributed by atoms with E-state index in [2.05, 4.69) is 0 Å². The second-order valence-electron chi connectivity index (χ2n) is 6.38. The van der Waals surface area contributed by atoms with Crippen LogP contribution in [0.5, 0.6) is 11.5 Å². The van der Waals surface area contributed by atoms with Gasteiger partial charge < -0.3 is 14.6 Å². The zero-order chi connectivity index (χ0) is 21.6. The van der Waals surface area contributed by atoms with Crippen molar-refractivity contribution in [3.05, 3.63) is 53.1 Å². The quantitative estimate of drug-likeness (QED) is 0.720. The predicted molar refractivity (Wildman–Crippen MR) is 90.6 cm³/mol. The summed E-state index contributed by atoms with van der Waals surface area (Å²) < 4.78 is 101. The molecule has 158 valence electrons. The van der Waals surface area contributed by atoms with Gasteiger partial charge in [-0.3, -0.25) is 0 Å². The van der Waals surface area contributed by atoms with Gasteiger partial charge in [0.1, 0.15) is 24.2 Å².